The first-order valence-electron chi connectivity index (χ1n) is 13.6. The summed E-state index contributed by atoms with van der Waals surface area (Å²) in [5, 5.41) is 8.77. The predicted molar refractivity (Wildman–Crippen MR) is 158 cm³/mol. The van der Waals surface area contributed by atoms with Crippen molar-refractivity contribution in [2.75, 3.05) is 11.9 Å². The van der Waals surface area contributed by atoms with Gasteiger partial charge in [0, 0.05) is 11.4 Å². The van der Waals surface area contributed by atoms with Gasteiger partial charge in [0.15, 0.2) is 0 Å². The molecule has 2 heterocycles. The molecule has 0 radical (unpaired) electrons. The number of hydrogen-bond donors (Lipinski definition) is 1. The SMILES string of the molecule is CCCCOC(=O)C1=C(C)Nc2nc(SCc3ccccc3)nn2C1c1cccc(OCc2ccccc2C)c1. The van der Waals surface area contributed by atoms with Crippen LogP contribution in [0.25, 0.3) is 0 Å². The molecule has 1 unspecified atom stereocenters. The fraction of sp³-hybridized carbons (Fsp3) is 0.281. The monoisotopic (exact) mass is 554 g/mol. The van der Waals surface area contributed by atoms with E-state index in [4.69, 9.17) is 19.6 Å². The van der Waals surface area contributed by atoms with E-state index < -0.39 is 6.04 Å². The largest absolute Gasteiger partial charge is 0.489 e. The van der Waals surface area contributed by atoms with Crippen LogP contribution in [0.5, 0.6) is 5.75 Å². The molecule has 7 nitrogen and oxygen atoms in total. The van der Waals surface area contributed by atoms with E-state index >= 15 is 0 Å². The number of anilines is 1. The van der Waals surface area contributed by atoms with Gasteiger partial charge in [-0.05, 0) is 54.7 Å². The van der Waals surface area contributed by atoms with Crippen molar-refractivity contribution >= 4 is 23.7 Å². The normalized spacial score (nSPS) is 14.4. The van der Waals surface area contributed by atoms with Gasteiger partial charge < -0.3 is 14.8 Å². The van der Waals surface area contributed by atoms with Crippen molar-refractivity contribution in [3.63, 3.8) is 0 Å². The predicted octanol–water partition coefficient (Wildman–Crippen LogP) is 7.09. The molecule has 0 saturated carbocycles. The standard InChI is InChI=1S/C32H34N4O3S/c1-4-5-18-38-30(37)28-23(3)33-31-34-32(40-21-24-13-7-6-8-14-24)35-36(31)29(28)25-16-11-17-27(19-25)39-20-26-15-10-9-12-22(26)2/h6-17,19,29H,4-5,18,20-21H2,1-3H3,(H,33,34,35). The molecule has 0 spiro atoms. The van der Waals surface area contributed by atoms with E-state index in [1.165, 1.54) is 11.1 Å². The Morgan fingerprint density at radius 3 is 2.62 bits per heavy atom. The van der Waals surface area contributed by atoms with Gasteiger partial charge in [-0.2, -0.15) is 4.98 Å². The lowest BCUT2D eigenvalue weighted by molar-refractivity contribution is -0.139. The maximum atomic E-state index is 13.4. The van der Waals surface area contributed by atoms with Crippen LogP contribution < -0.4 is 10.1 Å². The summed E-state index contributed by atoms with van der Waals surface area (Å²) >= 11 is 1.56. The molecule has 4 aromatic rings. The van der Waals surface area contributed by atoms with Gasteiger partial charge in [0.05, 0.1) is 12.2 Å². The van der Waals surface area contributed by atoms with Gasteiger partial charge in [-0.25, -0.2) is 9.48 Å². The van der Waals surface area contributed by atoms with Crippen molar-refractivity contribution in [1.82, 2.24) is 14.8 Å². The Labute approximate surface area is 239 Å². The van der Waals surface area contributed by atoms with Crippen LogP contribution in [-0.2, 0) is 21.9 Å². The van der Waals surface area contributed by atoms with Gasteiger partial charge in [-0.15, -0.1) is 5.10 Å². The molecule has 1 aliphatic heterocycles. The number of hydrogen-bond acceptors (Lipinski definition) is 7. The van der Waals surface area contributed by atoms with E-state index in [1.807, 2.05) is 61.5 Å². The molecule has 206 valence electrons. The van der Waals surface area contributed by atoms with Crippen molar-refractivity contribution in [3.8, 4) is 5.75 Å². The average molecular weight is 555 g/mol. The van der Waals surface area contributed by atoms with Crippen molar-refractivity contribution < 1.29 is 14.3 Å². The molecule has 0 fully saturated rings. The maximum absolute atomic E-state index is 13.4. The third-order valence-electron chi connectivity index (χ3n) is 6.82. The second-order valence-corrected chi connectivity index (χ2v) is 10.7. The third-order valence-corrected chi connectivity index (χ3v) is 7.73. The summed E-state index contributed by atoms with van der Waals surface area (Å²) in [6, 6.07) is 25.7. The summed E-state index contributed by atoms with van der Waals surface area (Å²) in [7, 11) is 0. The highest BCUT2D eigenvalue weighted by Gasteiger charge is 2.35. The number of unbranched alkanes of at least 4 members (excludes halogenated alkanes) is 1. The molecule has 3 aromatic carbocycles. The number of nitrogens with one attached hydrogen (secondary N) is 1. The van der Waals surface area contributed by atoms with Crippen LogP contribution in [0.15, 0.2) is 95.3 Å². The molecule has 8 heteroatoms. The van der Waals surface area contributed by atoms with Gasteiger partial charge in [-0.1, -0.05) is 91.8 Å². The van der Waals surface area contributed by atoms with Crippen LogP contribution >= 0.6 is 11.8 Å². The number of benzene rings is 3. The van der Waals surface area contributed by atoms with Crippen molar-refractivity contribution in [3.05, 3.63) is 112 Å². The summed E-state index contributed by atoms with van der Waals surface area (Å²) in [4.78, 5) is 18.2. The zero-order valence-corrected chi connectivity index (χ0v) is 23.9. The van der Waals surface area contributed by atoms with Crippen LogP contribution in [0.1, 0.15) is 55.0 Å². The Morgan fingerprint density at radius 1 is 1.02 bits per heavy atom. The lowest BCUT2D eigenvalue weighted by atomic mass is 9.95. The molecule has 1 aliphatic rings. The first-order chi connectivity index (χ1) is 19.5. The van der Waals surface area contributed by atoms with E-state index in [0.29, 0.717) is 35.6 Å². The van der Waals surface area contributed by atoms with Gasteiger partial charge in [0.1, 0.15) is 18.4 Å². The zero-order valence-electron chi connectivity index (χ0n) is 23.1. The second-order valence-electron chi connectivity index (χ2n) is 9.78. The number of carbonyl (C=O) groups is 1. The number of fused-ring (bicyclic) bond motifs is 1. The number of rotatable bonds is 11. The number of aromatic nitrogens is 3. The zero-order chi connectivity index (χ0) is 27.9. The maximum Gasteiger partial charge on any atom is 0.338 e. The highest BCUT2D eigenvalue weighted by Crippen LogP contribution is 2.38. The number of nitrogens with zero attached hydrogens (tertiary/aromatic N) is 3. The molecule has 1 atom stereocenters. The van der Waals surface area contributed by atoms with Crippen LogP contribution in [0.2, 0.25) is 0 Å². The Hall–Kier alpha value is -4.04. The number of esters is 1. The van der Waals surface area contributed by atoms with E-state index in [0.717, 1.165) is 35.5 Å². The average Bonchev–Trinajstić information content (AvgIpc) is 3.38. The molecular weight excluding hydrogens is 520 g/mol. The van der Waals surface area contributed by atoms with E-state index in [-0.39, 0.29) is 5.97 Å². The van der Waals surface area contributed by atoms with Gasteiger partial charge in [0.2, 0.25) is 11.1 Å². The fourth-order valence-corrected chi connectivity index (χ4v) is 5.37. The number of thioether (sulfide) groups is 1. The molecule has 1 N–H and O–H groups in total. The fourth-order valence-electron chi connectivity index (χ4n) is 4.58. The molecular formula is C32H34N4O3S. The first-order valence-corrected chi connectivity index (χ1v) is 14.6. The topological polar surface area (TPSA) is 78.3 Å². The summed E-state index contributed by atoms with van der Waals surface area (Å²) in [5.41, 5.74) is 5.60. The van der Waals surface area contributed by atoms with Gasteiger partial charge >= 0.3 is 5.97 Å². The van der Waals surface area contributed by atoms with Gasteiger partial charge in [-0.3, -0.25) is 0 Å². The molecule has 5 rings (SSSR count). The quantitative estimate of drug-likeness (QED) is 0.120. The lowest BCUT2D eigenvalue weighted by Crippen LogP contribution is -2.29. The lowest BCUT2D eigenvalue weighted by Gasteiger charge is -2.28. The summed E-state index contributed by atoms with van der Waals surface area (Å²) in [5.74, 6) is 1.70. The van der Waals surface area contributed by atoms with Crippen LogP contribution in [-0.4, -0.2) is 27.3 Å². The highest BCUT2D eigenvalue weighted by atomic mass is 32.2. The van der Waals surface area contributed by atoms with Crippen LogP contribution in [0.3, 0.4) is 0 Å². The Balaban J connectivity index is 1.45. The summed E-state index contributed by atoms with van der Waals surface area (Å²) < 4.78 is 13.7. The number of carbonyl (C=O) groups excluding carboxylic acids is 1. The molecule has 1 aromatic heterocycles. The highest BCUT2D eigenvalue weighted by molar-refractivity contribution is 7.98. The van der Waals surface area contributed by atoms with Gasteiger partial charge in [0.25, 0.3) is 0 Å². The smallest absolute Gasteiger partial charge is 0.338 e. The second kappa shape index (κ2) is 12.9. The molecule has 40 heavy (non-hydrogen) atoms. The Kier molecular flexibility index (Phi) is 8.86. The Bertz CT molecular complexity index is 1500. The Morgan fingerprint density at radius 2 is 1.82 bits per heavy atom. The van der Waals surface area contributed by atoms with E-state index in [2.05, 4.69) is 43.4 Å². The van der Waals surface area contributed by atoms with E-state index in [9.17, 15) is 4.79 Å². The third kappa shape index (κ3) is 6.39. The minimum atomic E-state index is -0.508. The van der Waals surface area contributed by atoms with E-state index in [1.54, 1.807) is 16.4 Å². The minimum Gasteiger partial charge on any atom is -0.489 e. The van der Waals surface area contributed by atoms with Crippen molar-refractivity contribution in [2.24, 2.45) is 0 Å². The van der Waals surface area contributed by atoms with Crippen LogP contribution in [0, 0.1) is 6.92 Å². The van der Waals surface area contributed by atoms with Crippen molar-refractivity contribution in [1.29, 1.82) is 0 Å². The molecule has 0 amide bonds. The van der Waals surface area contributed by atoms with Crippen LogP contribution in [0.4, 0.5) is 5.95 Å². The van der Waals surface area contributed by atoms with Crippen molar-refractivity contribution in [2.45, 2.75) is 57.2 Å². The molecule has 0 aliphatic carbocycles. The first kappa shape index (κ1) is 27.5. The molecule has 0 saturated heterocycles. The number of allylic oxidation sites excluding steroid dienone is 1. The minimum absolute atomic E-state index is 0.352. The number of aryl methyl sites for hydroxylation is 1. The number of ether oxygens (including phenoxy) is 2. The summed E-state index contributed by atoms with van der Waals surface area (Å²) in [6.45, 7) is 6.87. The molecule has 0 bridgehead atoms. The summed E-state index contributed by atoms with van der Waals surface area (Å²) in [6.07, 6.45) is 1.76.